The Hall–Kier alpha value is -3.59. The number of hydrogen-bond donors (Lipinski definition) is 3. The van der Waals surface area contributed by atoms with Gasteiger partial charge in [-0.15, -0.1) is 0 Å². The third kappa shape index (κ3) is 4.87. The fourth-order valence-electron chi connectivity index (χ4n) is 2.82. The Kier molecular flexibility index (Phi) is 6.22. The molecule has 0 fully saturated rings. The van der Waals surface area contributed by atoms with Crippen LogP contribution in [0.1, 0.15) is 5.56 Å². The Morgan fingerprint density at radius 3 is 2.47 bits per heavy atom. The van der Waals surface area contributed by atoms with Gasteiger partial charge in [-0.2, -0.15) is 13.2 Å². The molecule has 2 aromatic heterocycles. The van der Waals surface area contributed by atoms with Gasteiger partial charge in [0.25, 0.3) is 0 Å². The first-order chi connectivity index (χ1) is 14.3. The monoisotopic (exact) mass is 417 g/mol. The molecule has 0 amide bonds. The van der Waals surface area contributed by atoms with Crippen molar-refractivity contribution in [2.45, 2.75) is 12.6 Å². The Balaban J connectivity index is 0.000000318. The second kappa shape index (κ2) is 8.83. The maximum Gasteiger partial charge on any atom is 0.490 e. The van der Waals surface area contributed by atoms with Crippen molar-refractivity contribution in [3.8, 4) is 22.8 Å². The number of carboxylic acid groups (broad SMARTS) is 1. The number of aliphatic carboxylic acids is 1. The highest BCUT2D eigenvalue weighted by atomic mass is 19.4. The minimum absolute atomic E-state index is 0.636. The highest BCUT2D eigenvalue weighted by Gasteiger charge is 2.38. The first-order valence-electron chi connectivity index (χ1n) is 8.91. The van der Waals surface area contributed by atoms with Gasteiger partial charge in [-0.25, -0.2) is 9.78 Å². The third-order valence-electron chi connectivity index (χ3n) is 4.23. The van der Waals surface area contributed by atoms with Gasteiger partial charge in [0, 0.05) is 28.2 Å². The van der Waals surface area contributed by atoms with Crippen LogP contribution in [0.2, 0.25) is 0 Å². The number of benzene rings is 2. The molecule has 0 atom stereocenters. The van der Waals surface area contributed by atoms with E-state index in [1.807, 2.05) is 42.6 Å². The first-order valence-corrected chi connectivity index (χ1v) is 8.91. The van der Waals surface area contributed by atoms with Crippen molar-refractivity contribution >= 4 is 16.9 Å². The minimum Gasteiger partial charge on any atom is -0.475 e. The fraction of sp³-hybridized carbons (Fsp3) is 0.143. The molecule has 0 saturated carbocycles. The summed E-state index contributed by atoms with van der Waals surface area (Å²) in [6.07, 6.45) is -0.426. The molecule has 0 bridgehead atoms. The summed E-state index contributed by atoms with van der Waals surface area (Å²) in [6.45, 7) is 0.637. The molecule has 0 aliphatic rings. The number of oxazole rings is 1. The average Bonchev–Trinajstić information content (AvgIpc) is 3.36. The Morgan fingerprint density at radius 1 is 1.13 bits per heavy atom. The molecule has 0 aliphatic carbocycles. The molecule has 4 N–H and O–H groups in total. The van der Waals surface area contributed by atoms with Gasteiger partial charge >= 0.3 is 12.1 Å². The number of nitrogens with one attached hydrogen (secondary N) is 1. The summed E-state index contributed by atoms with van der Waals surface area (Å²) < 4.78 is 37.7. The topological polar surface area (TPSA) is 105 Å². The number of halogens is 3. The predicted octanol–water partition coefficient (Wildman–Crippen LogP) is 4.62. The van der Waals surface area contributed by atoms with Crippen LogP contribution in [0.4, 0.5) is 13.2 Å². The van der Waals surface area contributed by atoms with Crippen molar-refractivity contribution in [1.82, 2.24) is 9.97 Å². The number of carbonyl (C=O) groups is 1. The van der Waals surface area contributed by atoms with Crippen LogP contribution in [0.3, 0.4) is 0 Å². The van der Waals surface area contributed by atoms with Crippen LogP contribution in [0.5, 0.6) is 0 Å². The summed E-state index contributed by atoms with van der Waals surface area (Å²) in [7, 11) is 0. The van der Waals surface area contributed by atoms with Crippen LogP contribution in [0.15, 0.2) is 65.3 Å². The minimum atomic E-state index is -5.08. The second-order valence-electron chi connectivity index (χ2n) is 6.31. The van der Waals surface area contributed by atoms with Gasteiger partial charge in [0.2, 0.25) is 5.89 Å². The summed E-state index contributed by atoms with van der Waals surface area (Å²) in [5, 5.41) is 8.31. The molecule has 30 heavy (non-hydrogen) atoms. The van der Waals surface area contributed by atoms with E-state index in [0.29, 0.717) is 12.4 Å². The fourth-order valence-corrected chi connectivity index (χ4v) is 2.82. The van der Waals surface area contributed by atoms with E-state index in [9.17, 15) is 13.2 Å². The Morgan fingerprint density at radius 2 is 1.83 bits per heavy atom. The van der Waals surface area contributed by atoms with Crippen LogP contribution in [0, 0.1) is 0 Å². The van der Waals surface area contributed by atoms with Gasteiger partial charge in [0.15, 0.2) is 5.76 Å². The normalized spacial score (nSPS) is 11.2. The number of aromatic amines is 1. The highest BCUT2D eigenvalue weighted by Crippen LogP contribution is 2.29. The Labute approximate surface area is 169 Å². The lowest BCUT2D eigenvalue weighted by Gasteiger charge is -2.00. The van der Waals surface area contributed by atoms with Crippen molar-refractivity contribution in [3.63, 3.8) is 0 Å². The molecule has 4 aromatic rings. The molecule has 0 saturated heterocycles. The largest absolute Gasteiger partial charge is 0.490 e. The van der Waals surface area contributed by atoms with E-state index in [1.54, 1.807) is 6.20 Å². The third-order valence-corrected chi connectivity index (χ3v) is 4.23. The highest BCUT2D eigenvalue weighted by molar-refractivity contribution is 5.87. The zero-order valence-corrected chi connectivity index (χ0v) is 15.6. The van der Waals surface area contributed by atoms with Crippen LogP contribution < -0.4 is 5.73 Å². The maximum absolute atomic E-state index is 10.6. The zero-order valence-electron chi connectivity index (χ0n) is 15.6. The van der Waals surface area contributed by atoms with Crippen LogP contribution in [-0.4, -0.2) is 33.8 Å². The number of aromatic nitrogens is 2. The number of hydrogen-bond acceptors (Lipinski definition) is 4. The lowest BCUT2D eigenvalue weighted by Crippen LogP contribution is -2.21. The molecule has 6 nitrogen and oxygen atoms in total. The summed E-state index contributed by atoms with van der Waals surface area (Å²) in [6, 6.07) is 16.1. The molecule has 4 rings (SSSR count). The van der Waals surface area contributed by atoms with Gasteiger partial charge in [-0.1, -0.05) is 18.2 Å². The van der Waals surface area contributed by atoms with Crippen LogP contribution in [-0.2, 0) is 11.2 Å². The molecule has 2 heterocycles. The number of rotatable bonds is 4. The first kappa shape index (κ1) is 21.1. The molecule has 2 aromatic carbocycles. The SMILES string of the molecule is NCCc1c[nH]c2ccc(-c3cnc(-c4ccccc4)o3)cc12.O=C(O)C(F)(F)F. The standard InChI is InChI=1S/C19H17N3O.C2HF3O2/c20-9-8-15-11-21-17-7-6-14(10-16(15)17)18-12-22-19(23-18)13-4-2-1-3-5-13;3-2(4,5)1(6)7/h1-7,10-12,21H,8-9,20H2;(H,6,7). The van der Waals surface area contributed by atoms with Crippen molar-refractivity contribution in [2.75, 3.05) is 6.54 Å². The zero-order chi connectivity index (χ0) is 21.7. The van der Waals surface area contributed by atoms with Crippen LogP contribution >= 0.6 is 0 Å². The molecule has 0 aliphatic heterocycles. The number of alkyl halides is 3. The van der Waals surface area contributed by atoms with Crippen molar-refractivity contribution in [1.29, 1.82) is 0 Å². The van der Waals surface area contributed by atoms with Crippen molar-refractivity contribution in [3.05, 3.63) is 66.5 Å². The van der Waals surface area contributed by atoms with E-state index in [2.05, 4.69) is 22.1 Å². The number of nitrogens with zero attached hydrogens (tertiary/aromatic N) is 1. The van der Waals surface area contributed by atoms with E-state index < -0.39 is 12.1 Å². The number of fused-ring (bicyclic) bond motifs is 1. The van der Waals surface area contributed by atoms with E-state index in [0.717, 1.165) is 28.8 Å². The van der Waals surface area contributed by atoms with Gasteiger partial charge < -0.3 is 20.2 Å². The molecule has 0 unspecified atom stereocenters. The molecule has 0 spiro atoms. The lowest BCUT2D eigenvalue weighted by molar-refractivity contribution is -0.192. The van der Waals surface area contributed by atoms with E-state index in [4.69, 9.17) is 20.1 Å². The van der Waals surface area contributed by atoms with Crippen LogP contribution in [0.25, 0.3) is 33.7 Å². The summed E-state index contributed by atoms with van der Waals surface area (Å²) in [4.78, 5) is 16.6. The van der Waals surface area contributed by atoms with Crippen molar-refractivity contribution in [2.24, 2.45) is 5.73 Å². The summed E-state index contributed by atoms with van der Waals surface area (Å²) in [5.41, 5.74) is 10.0. The Bertz CT molecular complexity index is 1130. The van der Waals surface area contributed by atoms with Gasteiger partial charge in [-0.05, 0) is 48.9 Å². The predicted molar refractivity (Wildman–Crippen MR) is 106 cm³/mol. The lowest BCUT2D eigenvalue weighted by atomic mass is 10.1. The van der Waals surface area contributed by atoms with Gasteiger partial charge in [0.1, 0.15) is 0 Å². The number of nitrogens with two attached hydrogens (primary N) is 1. The number of carboxylic acids is 1. The molecule has 0 radical (unpaired) electrons. The summed E-state index contributed by atoms with van der Waals surface area (Å²) in [5.74, 6) is -1.35. The average molecular weight is 417 g/mol. The molecular formula is C21H18F3N3O3. The van der Waals surface area contributed by atoms with Gasteiger partial charge in [0.05, 0.1) is 6.20 Å². The molecular weight excluding hydrogens is 399 g/mol. The quantitative estimate of drug-likeness (QED) is 0.449. The van der Waals surface area contributed by atoms with E-state index in [1.165, 1.54) is 10.9 Å². The van der Waals surface area contributed by atoms with E-state index in [-0.39, 0.29) is 0 Å². The summed E-state index contributed by atoms with van der Waals surface area (Å²) >= 11 is 0. The molecule has 9 heteroatoms. The number of H-pyrrole nitrogens is 1. The smallest absolute Gasteiger partial charge is 0.475 e. The van der Waals surface area contributed by atoms with Gasteiger partial charge in [-0.3, -0.25) is 0 Å². The van der Waals surface area contributed by atoms with Crippen molar-refractivity contribution < 1.29 is 27.5 Å². The maximum atomic E-state index is 10.6. The van der Waals surface area contributed by atoms with E-state index >= 15 is 0 Å². The molecule has 156 valence electrons. The second-order valence-corrected chi connectivity index (χ2v) is 6.31.